The van der Waals surface area contributed by atoms with Gasteiger partial charge < -0.3 is 9.64 Å². The fraction of sp³-hybridized carbons (Fsp3) is 0.833. The second-order valence-electron chi connectivity index (χ2n) is 5.44. The summed E-state index contributed by atoms with van der Waals surface area (Å²) in [5, 5.41) is 5.70. The number of amides is 1. The molecule has 1 heterocycles. The molecule has 0 spiro atoms. The van der Waals surface area contributed by atoms with E-state index >= 15 is 0 Å². The summed E-state index contributed by atoms with van der Waals surface area (Å²) in [6, 6.07) is 0.244. The molecule has 0 aromatic rings. The lowest BCUT2D eigenvalue weighted by Crippen LogP contribution is -2.48. The monoisotopic (exact) mass is 241 g/mol. The summed E-state index contributed by atoms with van der Waals surface area (Å²) in [6.45, 7) is 10.6. The highest BCUT2D eigenvalue weighted by molar-refractivity contribution is 5.68. The maximum Gasteiger partial charge on any atom is 0.410 e. The minimum atomic E-state index is -0.438. The Balaban J connectivity index is 2.54. The van der Waals surface area contributed by atoms with E-state index in [1.165, 1.54) is 0 Å². The van der Waals surface area contributed by atoms with E-state index in [1.54, 1.807) is 4.90 Å². The molecule has 0 N–H and O–H groups in total. The highest BCUT2D eigenvalue weighted by atomic mass is 16.6. The van der Waals surface area contributed by atoms with Gasteiger partial charge in [0, 0.05) is 26.9 Å². The highest BCUT2D eigenvalue weighted by Crippen LogP contribution is 2.18. The van der Waals surface area contributed by atoms with E-state index in [1.807, 2.05) is 32.8 Å². The van der Waals surface area contributed by atoms with Crippen molar-refractivity contribution in [2.75, 3.05) is 20.1 Å². The third-order valence-electron chi connectivity index (χ3n) is 2.80. The van der Waals surface area contributed by atoms with Gasteiger partial charge in [0.25, 0.3) is 0 Å². The number of hydrogen-bond acceptors (Lipinski definition) is 4. The van der Waals surface area contributed by atoms with E-state index in [2.05, 4.69) is 11.8 Å². The second-order valence-corrected chi connectivity index (χ2v) is 5.44. The van der Waals surface area contributed by atoms with Crippen LogP contribution in [-0.4, -0.2) is 54.5 Å². The van der Waals surface area contributed by atoms with Gasteiger partial charge >= 0.3 is 6.09 Å². The van der Waals surface area contributed by atoms with Crippen LogP contribution in [0.4, 0.5) is 4.79 Å². The molecule has 5 heteroatoms. The molecule has 0 radical (unpaired) electrons. The first-order valence-electron chi connectivity index (χ1n) is 6.01. The number of piperidine rings is 1. The molecule has 0 saturated carbocycles. The zero-order chi connectivity index (χ0) is 13.1. The van der Waals surface area contributed by atoms with Gasteiger partial charge in [-0.25, -0.2) is 4.79 Å². The van der Waals surface area contributed by atoms with E-state index in [9.17, 15) is 4.79 Å². The number of likely N-dealkylation sites (tertiary alicyclic amines) is 1. The fourth-order valence-corrected chi connectivity index (χ4v) is 1.87. The van der Waals surface area contributed by atoms with Gasteiger partial charge in [-0.2, -0.15) is 5.10 Å². The first-order valence-corrected chi connectivity index (χ1v) is 6.01. The minimum absolute atomic E-state index is 0.236. The van der Waals surface area contributed by atoms with Crippen LogP contribution < -0.4 is 0 Å². The van der Waals surface area contributed by atoms with Gasteiger partial charge in [-0.05, 0) is 33.6 Å². The summed E-state index contributed by atoms with van der Waals surface area (Å²) < 4.78 is 5.36. The first-order chi connectivity index (χ1) is 7.83. The van der Waals surface area contributed by atoms with Crippen LogP contribution in [0.2, 0.25) is 0 Å². The average Bonchev–Trinajstić information content (AvgIpc) is 2.26. The number of nitrogens with zero attached hydrogens (tertiary/aromatic N) is 3. The summed E-state index contributed by atoms with van der Waals surface area (Å²) in [5.74, 6) is 0. The second kappa shape index (κ2) is 5.38. The maximum absolute atomic E-state index is 11.9. The van der Waals surface area contributed by atoms with Gasteiger partial charge in [0.2, 0.25) is 0 Å². The number of hydrogen-bond donors (Lipinski definition) is 0. The highest BCUT2D eigenvalue weighted by Gasteiger charge is 2.28. The molecule has 0 aliphatic carbocycles. The molecule has 1 aliphatic rings. The van der Waals surface area contributed by atoms with Gasteiger partial charge in [0.05, 0.1) is 6.04 Å². The molecule has 1 atom stereocenters. The Morgan fingerprint density at radius 3 is 2.71 bits per heavy atom. The number of carbonyl (C=O) groups excluding carboxylic acids is 1. The smallest absolute Gasteiger partial charge is 0.410 e. The van der Waals surface area contributed by atoms with Crippen molar-refractivity contribution >= 4 is 12.8 Å². The zero-order valence-corrected chi connectivity index (χ0v) is 11.3. The number of hydrazone groups is 1. The van der Waals surface area contributed by atoms with E-state index in [-0.39, 0.29) is 12.1 Å². The minimum Gasteiger partial charge on any atom is -0.444 e. The number of rotatable bonds is 2. The first kappa shape index (κ1) is 13.8. The van der Waals surface area contributed by atoms with Crippen molar-refractivity contribution in [3.63, 3.8) is 0 Å². The van der Waals surface area contributed by atoms with Crippen LogP contribution in [0.3, 0.4) is 0 Å². The molecular formula is C12H23N3O2. The molecule has 0 bridgehead atoms. The standard InChI is InChI=1S/C12H23N3O2/c1-12(2,3)17-11(16)15-8-6-7-10(9-15)14(5)13-4/h10H,4,6-9H2,1-3,5H3/t10-/m1/s1. The number of ether oxygens (including phenoxy) is 1. The van der Waals surface area contributed by atoms with Crippen LogP contribution in [0.25, 0.3) is 0 Å². The predicted octanol–water partition coefficient (Wildman–Crippen LogP) is 1.93. The van der Waals surface area contributed by atoms with Crippen LogP contribution in [-0.2, 0) is 4.74 Å². The van der Waals surface area contributed by atoms with Crippen molar-refractivity contribution in [2.24, 2.45) is 5.10 Å². The van der Waals surface area contributed by atoms with E-state index < -0.39 is 5.60 Å². The molecule has 0 aromatic heterocycles. The summed E-state index contributed by atoms with van der Waals surface area (Å²) in [7, 11) is 1.89. The molecule has 98 valence electrons. The number of carbonyl (C=O) groups is 1. The molecular weight excluding hydrogens is 218 g/mol. The normalized spacial score (nSPS) is 20.9. The summed E-state index contributed by atoms with van der Waals surface area (Å²) in [5.41, 5.74) is -0.438. The molecule has 5 nitrogen and oxygen atoms in total. The Labute approximate surface area is 103 Å². The largest absolute Gasteiger partial charge is 0.444 e. The van der Waals surface area contributed by atoms with Gasteiger partial charge in [-0.1, -0.05) is 0 Å². The maximum atomic E-state index is 11.9. The predicted molar refractivity (Wildman–Crippen MR) is 68.1 cm³/mol. The molecule has 1 rings (SSSR count). The van der Waals surface area contributed by atoms with Crippen LogP contribution in [0, 0.1) is 0 Å². The number of likely N-dealkylation sites (N-methyl/N-ethyl adjacent to an activating group) is 1. The van der Waals surface area contributed by atoms with E-state index in [0.717, 1.165) is 19.4 Å². The molecule has 1 saturated heterocycles. The third-order valence-corrected chi connectivity index (χ3v) is 2.80. The van der Waals surface area contributed by atoms with E-state index in [0.29, 0.717) is 6.54 Å². The third kappa shape index (κ3) is 4.24. The Bertz CT molecular complexity index is 286. The quantitative estimate of drug-likeness (QED) is 0.548. The van der Waals surface area contributed by atoms with Crippen molar-refractivity contribution < 1.29 is 9.53 Å². The Morgan fingerprint density at radius 2 is 2.18 bits per heavy atom. The molecule has 0 unspecified atom stereocenters. The van der Waals surface area contributed by atoms with Gasteiger partial charge in [-0.3, -0.25) is 5.01 Å². The topological polar surface area (TPSA) is 45.1 Å². The van der Waals surface area contributed by atoms with Crippen molar-refractivity contribution in [1.82, 2.24) is 9.91 Å². The molecule has 1 fully saturated rings. The molecule has 1 amide bonds. The van der Waals surface area contributed by atoms with Crippen molar-refractivity contribution in [1.29, 1.82) is 0 Å². The molecule has 0 aromatic carbocycles. The summed E-state index contributed by atoms with van der Waals surface area (Å²) >= 11 is 0. The van der Waals surface area contributed by atoms with Crippen LogP contribution in [0.5, 0.6) is 0 Å². The van der Waals surface area contributed by atoms with Crippen LogP contribution in [0.1, 0.15) is 33.6 Å². The van der Waals surface area contributed by atoms with Gasteiger partial charge in [-0.15, -0.1) is 0 Å². The van der Waals surface area contributed by atoms with Crippen molar-refractivity contribution in [3.8, 4) is 0 Å². The van der Waals surface area contributed by atoms with Gasteiger partial charge in [0.15, 0.2) is 0 Å². The van der Waals surface area contributed by atoms with Crippen LogP contribution in [0.15, 0.2) is 5.10 Å². The Hall–Kier alpha value is -1.26. The Morgan fingerprint density at radius 1 is 1.53 bits per heavy atom. The molecule has 1 aliphatic heterocycles. The summed E-state index contributed by atoms with van der Waals surface area (Å²) in [4.78, 5) is 13.7. The molecule has 17 heavy (non-hydrogen) atoms. The van der Waals surface area contributed by atoms with E-state index in [4.69, 9.17) is 4.74 Å². The lowest BCUT2D eigenvalue weighted by Gasteiger charge is -2.36. The SMILES string of the molecule is C=NN(C)[C@@H]1CCCN(C(=O)OC(C)(C)C)C1. The lowest BCUT2D eigenvalue weighted by molar-refractivity contribution is 0.0128. The van der Waals surface area contributed by atoms with Crippen molar-refractivity contribution in [2.45, 2.75) is 45.3 Å². The van der Waals surface area contributed by atoms with Gasteiger partial charge in [0.1, 0.15) is 5.60 Å². The Kier molecular flexibility index (Phi) is 4.37. The average molecular weight is 241 g/mol. The summed E-state index contributed by atoms with van der Waals surface area (Å²) in [6.07, 6.45) is 1.78. The fourth-order valence-electron chi connectivity index (χ4n) is 1.87. The van der Waals surface area contributed by atoms with Crippen LogP contribution >= 0.6 is 0 Å². The van der Waals surface area contributed by atoms with Crippen molar-refractivity contribution in [3.05, 3.63) is 0 Å². The lowest BCUT2D eigenvalue weighted by atomic mass is 10.1. The zero-order valence-electron chi connectivity index (χ0n) is 11.3.